The van der Waals surface area contributed by atoms with E-state index in [9.17, 15) is 4.79 Å². The van der Waals surface area contributed by atoms with E-state index in [0.29, 0.717) is 16.3 Å². The highest BCUT2D eigenvalue weighted by atomic mass is 79.9. The van der Waals surface area contributed by atoms with Crippen LogP contribution in [0.5, 0.6) is 0 Å². The van der Waals surface area contributed by atoms with Gasteiger partial charge in [-0.05, 0) is 30.7 Å². The lowest BCUT2D eigenvalue weighted by atomic mass is 10.1. The molecule has 2 rings (SSSR count). The molecule has 0 N–H and O–H groups in total. The molecule has 0 fully saturated rings. The molecule has 0 saturated carbocycles. The maximum Gasteiger partial charge on any atom is 0.212 e. The number of halogens is 2. The summed E-state index contributed by atoms with van der Waals surface area (Å²) in [4.78, 5) is 12.4. The van der Waals surface area contributed by atoms with Crippen LogP contribution in [-0.2, 0) is 6.54 Å². The predicted molar refractivity (Wildman–Crippen MR) is 75.1 cm³/mol. The average Bonchev–Trinajstić information content (AvgIpc) is 2.77. The predicted octanol–water partition coefficient (Wildman–Crippen LogP) is 3.94. The zero-order valence-corrected chi connectivity index (χ0v) is 12.2. The van der Waals surface area contributed by atoms with E-state index < -0.39 is 0 Å². The fraction of sp³-hybridized carbons (Fsp3) is 0.231. The molecule has 0 aliphatic rings. The number of aryl methyl sites for hydroxylation is 1. The molecule has 5 heteroatoms. The zero-order chi connectivity index (χ0) is 13.1. The highest BCUT2D eigenvalue weighted by Gasteiger charge is 2.16. The van der Waals surface area contributed by atoms with Gasteiger partial charge in [-0.3, -0.25) is 9.48 Å². The number of nitrogens with zero attached hydrogens (tertiary/aromatic N) is 2. The molecule has 1 aromatic heterocycles. The minimum absolute atomic E-state index is 0.0987. The van der Waals surface area contributed by atoms with Crippen LogP contribution in [0.4, 0.5) is 0 Å². The normalized spacial score (nSPS) is 10.6. The van der Waals surface area contributed by atoms with Crippen molar-refractivity contribution in [2.45, 2.75) is 19.9 Å². The maximum absolute atomic E-state index is 12.4. The SMILES string of the molecule is CCCn1nccc1C(=O)c1ccc(Br)cc1Cl. The van der Waals surface area contributed by atoms with Crippen molar-refractivity contribution in [2.24, 2.45) is 0 Å². The van der Waals surface area contributed by atoms with E-state index in [-0.39, 0.29) is 5.78 Å². The average molecular weight is 328 g/mol. The van der Waals surface area contributed by atoms with Crippen LogP contribution in [-0.4, -0.2) is 15.6 Å². The number of carbonyl (C=O) groups is 1. The number of benzene rings is 1. The molecule has 0 radical (unpaired) electrons. The van der Waals surface area contributed by atoms with E-state index in [1.54, 1.807) is 35.1 Å². The lowest BCUT2D eigenvalue weighted by Crippen LogP contribution is -2.11. The van der Waals surface area contributed by atoms with Crippen molar-refractivity contribution in [2.75, 3.05) is 0 Å². The van der Waals surface area contributed by atoms with E-state index >= 15 is 0 Å². The first kappa shape index (κ1) is 13.3. The first-order valence-electron chi connectivity index (χ1n) is 5.65. The monoisotopic (exact) mass is 326 g/mol. The summed E-state index contributed by atoms with van der Waals surface area (Å²) in [5.41, 5.74) is 1.07. The van der Waals surface area contributed by atoms with Crippen LogP contribution in [0, 0.1) is 0 Å². The summed E-state index contributed by atoms with van der Waals surface area (Å²) in [6.45, 7) is 2.77. The minimum Gasteiger partial charge on any atom is -0.287 e. The molecule has 1 heterocycles. The Morgan fingerprint density at radius 2 is 2.22 bits per heavy atom. The van der Waals surface area contributed by atoms with Crippen LogP contribution < -0.4 is 0 Å². The second-order valence-electron chi connectivity index (χ2n) is 3.89. The second kappa shape index (κ2) is 5.67. The number of carbonyl (C=O) groups excluding carboxylic acids is 1. The number of rotatable bonds is 4. The summed E-state index contributed by atoms with van der Waals surface area (Å²) in [5.74, 6) is -0.0987. The largest absolute Gasteiger partial charge is 0.287 e. The Hall–Kier alpha value is -1.13. The molecule has 2 aromatic rings. The van der Waals surface area contributed by atoms with Gasteiger partial charge in [-0.2, -0.15) is 5.10 Å². The van der Waals surface area contributed by atoms with Crippen molar-refractivity contribution in [3.8, 4) is 0 Å². The van der Waals surface area contributed by atoms with Gasteiger partial charge < -0.3 is 0 Å². The van der Waals surface area contributed by atoms with Crippen molar-refractivity contribution in [3.05, 3.63) is 51.2 Å². The van der Waals surface area contributed by atoms with Gasteiger partial charge in [0.15, 0.2) is 0 Å². The second-order valence-corrected chi connectivity index (χ2v) is 5.22. The Morgan fingerprint density at radius 3 is 2.89 bits per heavy atom. The lowest BCUT2D eigenvalue weighted by molar-refractivity contribution is 0.102. The third kappa shape index (κ3) is 2.65. The van der Waals surface area contributed by atoms with Gasteiger partial charge in [0.05, 0.1) is 5.02 Å². The van der Waals surface area contributed by atoms with E-state index in [2.05, 4.69) is 21.0 Å². The van der Waals surface area contributed by atoms with Gasteiger partial charge in [0.25, 0.3) is 0 Å². The van der Waals surface area contributed by atoms with Crippen LogP contribution in [0.3, 0.4) is 0 Å². The van der Waals surface area contributed by atoms with Crippen LogP contribution in [0.2, 0.25) is 5.02 Å². The Kier molecular flexibility index (Phi) is 4.19. The minimum atomic E-state index is -0.0987. The van der Waals surface area contributed by atoms with E-state index in [0.717, 1.165) is 17.4 Å². The molecule has 0 unspecified atom stereocenters. The molecule has 18 heavy (non-hydrogen) atoms. The van der Waals surface area contributed by atoms with Crippen LogP contribution >= 0.6 is 27.5 Å². The van der Waals surface area contributed by atoms with E-state index in [1.165, 1.54) is 0 Å². The first-order valence-corrected chi connectivity index (χ1v) is 6.82. The molecule has 0 amide bonds. The summed E-state index contributed by atoms with van der Waals surface area (Å²) >= 11 is 9.41. The molecule has 0 saturated heterocycles. The number of ketones is 1. The third-order valence-electron chi connectivity index (χ3n) is 2.56. The van der Waals surface area contributed by atoms with Crippen molar-refractivity contribution >= 4 is 33.3 Å². The molecule has 0 spiro atoms. The van der Waals surface area contributed by atoms with Gasteiger partial charge in [-0.15, -0.1) is 0 Å². The van der Waals surface area contributed by atoms with Gasteiger partial charge in [0, 0.05) is 22.8 Å². The zero-order valence-electron chi connectivity index (χ0n) is 9.86. The smallest absolute Gasteiger partial charge is 0.212 e. The number of aromatic nitrogens is 2. The summed E-state index contributed by atoms with van der Waals surface area (Å²) in [6.07, 6.45) is 2.56. The summed E-state index contributed by atoms with van der Waals surface area (Å²) in [5, 5.41) is 4.59. The van der Waals surface area contributed by atoms with Gasteiger partial charge >= 0.3 is 0 Å². The molecule has 0 aliphatic heterocycles. The number of hydrogen-bond acceptors (Lipinski definition) is 2. The quantitative estimate of drug-likeness (QED) is 0.797. The molecule has 0 atom stereocenters. The van der Waals surface area contributed by atoms with Gasteiger partial charge in [-0.25, -0.2) is 0 Å². The Bertz CT molecular complexity index is 580. The summed E-state index contributed by atoms with van der Waals surface area (Å²) < 4.78 is 2.56. The Morgan fingerprint density at radius 1 is 1.44 bits per heavy atom. The van der Waals surface area contributed by atoms with Crippen molar-refractivity contribution in [3.63, 3.8) is 0 Å². The van der Waals surface area contributed by atoms with Crippen molar-refractivity contribution < 1.29 is 4.79 Å². The molecule has 3 nitrogen and oxygen atoms in total. The fourth-order valence-corrected chi connectivity index (χ4v) is 2.49. The molecular weight excluding hydrogens is 316 g/mol. The van der Waals surface area contributed by atoms with Crippen LogP contribution in [0.25, 0.3) is 0 Å². The molecule has 1 aromatic carbocycles. The fourth-order valence-electron chi connectivity index (χ4n) is 1.73. The molecule has 94 valence electrons. The number of hydrogen-bond donors (Lipinski definition) is 0. The van der Waals surface area contributed by atoms with E-state index in [1.807, 2.05) is 6.92 Å². The molecular formula is C13H12BrClN2O. The van der Waals surface area contributed by atoms with Crippen LogP contribution in [0.15, 0.2) is 34.9 Å². The topological polar surface area (TPSA) is 34.9 Å². The van der Waals surface area contributed by atoms with Crippen molar-refractivity contribution in [1.29, 1.82) is 0 Å². The van der Waals surface area contributed by atoms with Crippen molar-refractivity contribution in [1.82, 2.24) is 9.78 Å². The first-order chi connectivity index (χ1) is 8.63. The standard InChI is InChI=1S/C13H12BrClN2O/c1-2-7-17-12(5-6-16-17)13(18)10-4-3-9(14)8-11(10)15/h3-6,8H,2,7H2,1H3. The van der Waals surface area contributed by atoms with Gasteiger partial charge in [-0.1, -0.05) is 34.5 Å². The molecule has 0 aliphatic carbocycles. The summed E-state index contributed by atoms with van der Waals surface area (Å²) in [6, 6.07) is 6.96. The van der Waals surface area contributed by atoms with Gasteiger partial charge in [0.2, 0.25) is 5.78 Å². The summed E-state index contributed by atoms with van der Waals surface area (Å²) in [7, 11) is 0. The lowest BCUT2D eigenvalue weighted by Gasteiger charge is -2.07. The van der Waals surface area contributed by atoms with Crippen LogP contribution in [0.1, 0.15) is 29.4 Å². The third-order valence-corrected chi connectivity index (χ3v) is 3.37. The molecule has 0 bridgehead atoms. The Labute approximate surface area is 119 Å². The highest BCUT2D eigenvalue weighted by molar-refractivity contribution is 9.10. The highest BCUT2D eigenvalue weighted by Crippen LogP contribution is 2.23. The maximum atomic E-state index is 12.4. The van der Waals surface area contributed by atoms with Gasteiger partial charge in [0.1, 0.15) is 5.69 Å². The Balaban J connectivity index is 2.38. The van der Waals surface area contributed by atoms with E-state index in [4.69, 9.17) is 11.6 Å².